The number of nitrogens with zero attached hydrogens (tertiary/aromatic N) is 1. The minimum Gasteiger partial charge on any atom is -0.396 e. The molecule has 0 saturated carbocycles. The fourth-order valence-corrected chi connectivity index (χ4v) is 6.75. The maximum Gasteiger partial charge on any atom is 0.246 e. The molecule has 5 atom stereocenters. The summed E-state index contributed by atoms with van der Waals surface area (Å²) in [5.41, 5.74) is -0.855. The van der Waals surface area contributed by atoms with Crippen molar-refractivity contribution in [1.82, 2.24) is 10.2 Å². The van der Waals surface area contributed by atoms with E-state index >= 15 is 0 Å². The fraction of sp³-hybridized carbons (Fsp3) is 0.667. The second-order valence-electron chi connectivity index (χ2n) is 12.1. The lowest BCUT2D eigenvalue weighted by Crippen LogP contribution is -2.59. The minimum absolute atomic E-state index is 0.00259. The van der Waals surface area contributed by atoms with E-state index < -0.39 is 35.1 Å². The molecule has 35 heavy (non-hydrogen) atoms. The summed E-state index contributed by atoms with van der Waals surface area (Å²) in [4.78, 5) is 42.5. The molecule has 1 aromatic rings. The zero-order chi connectivity index (χ0) is 25.6. The van der Waals surface area contributed by atoms with E-state index in [1.807, 2.05) is 32.0 Å². The van der Waals surface area contributed by atoms with Gasteiger partial charge in [0, 0.05) is 24.4 Å². The number of ether oxygens (including phenoxy) is 1. The number of carbonyl (C=O) groups is 3. The Labute approximate surface area is 207 Å². The molecule has 3 aliphatic rings. The predicted molar refractivity (Wildman–Crippen MR) is 132 cm³/mol. The molecule has 0 radical (unpaired) electrons. The Morgan fingerprint density at radius 1 is 1.14 bits per heavy atom. The molecule has 8 nitrogen and oxygen atoms in total. The lowest BCUT2D eigenvalue weighted by atomic mass is 9.70. The van der Waals surface area contributed by atoms with Crippen LogP contribution in [-0.4, -0.2) is 64.2 Å². The van der Waals surface area contributed by atoms with Crippen LogP contribution in [0.1, 0.15) is 60.3 Å². The second kappa shape index (κ2) is 9.21. The first kappa shape index (κ1) is 25.6. The lowest BCUT2D eigenvalue weighted by molar-refractivity contribution is -0.142. The van der Waals surface area contributed by atoms with Crippen molar-refractivity contribution >= 4 is 23.4 Å². The number of hydrogen-bond acceptors (Lipinski definition) is 5. The highest BCUT2D eigenvalue weighted by Gasteiger charge is 2.74. The zero-order valence-electron chi connectivity index (χ0n) is 21.5. The van der Waals surface area contributed by atoms with Gasteiger partial charge in [0.05, 0.1) is 17.9 Å². The van der Waals surface area contributed by atoms with E-state index in [4.69, 9.17) is 4.74 Å². The number of carbonyl (C=O) groups excluding carboxylic acids is 3. The van der Waals surface area contributed by atoms with Crippen LogP contribution < -0.4 is 10.6 Å². The van der Waals surface area contributed by atoms with E-state index in [0.29, 0.717) is 24.9 Å². The molecule has 8 heteroatoms. The van der Waals surface area contributed by atoms with Crippen LogP contribution in [-0.2, 0) is 19.1 Å². The average molecular weight is 486 g/mol. The van der Waals surface area contributed by atoms with Crippen molar-refractivity contribution in [2.24, 2.45) is 17.3 Å². The van der Waals surface area contributed by atoms with Crippen molar-refractivity contribution in [3.8, 4) is 0 Å². The molecule has 2 bridgehead atoms. The van der Waals surface area contributed by atoms with Gasteiger partial charge in [-0.25, -0.2) is 0 Å². The van der Waals surface area contributed by atoms with Gasteiger partial charge >= 0.3 is 0 Å². The summed E-state index contributed by atoms with van der Waals surface area (Å²) in [6, 6.07) is 8.33. The molecule has 3 aliphatic heterocycles. The van der Waals surface area contributed by atoms with Crippen molar-refractivity contribution in [3.63, 3.8) is 0 Å². The van der Waals surface area contributed by atoms with Gasteiger partial charge in [0.25, 0.3) is 0 Å². The Morgan fingerprint density at radius 3 is 2.46 bits per heavy atom. The number of nitrogens with one attached hydrogen (secondary N) is 2. The van der Waals surface area contributed by atoms with Crippen molar-refractivity contribution in [1.29, 1.82) is 0 Å². The monoisotopic (exact) mass is 485 g/mol. The van der Waals surface area contributed by atoms with E-state index in [0.717, 1.165) is 6.42 Å². The Kier molecular flexibility index (Phi) is 6.74. The van der Waals surface area contributed by atoms with Gasteiger partial charge in [-0.1, -0.05) is 39.0 Å². The maximum atomic E-state index is 13.8. The number of aliphatic hydroxyl groups excluding tert-OH is 1. The SMILES string of the molecule is CC(C)(C)CC(C)(C)NC(=O)C1N(CCCO)C(=O)[C@@H]2[C@@H](C(=O)Nc3ccccc3)[C@H]3CCC12O3. The number of fused-ring (bicyclic) bond motifs is 1. The Morgan fingerprint density at radius 2 is 1.83 bits per heavy atom. The van der Waals surface area contributed by atoms with Crippen LogP contribution in [0.15, 0.2) is 30.3 Å². The van der Waals surface area contributed by atoms with Crippen molar-refractivity contribution in [2.75, 3.05) is 18.5 Å². The molecule has 3 N–H and O–H groups in total. The molecule has 3 fully saturated rings. The summed E-state index contributed by atoms with van der Waals surface area (Å²) in [5, 5.41) is 15.6. The number of likely N-dealkylation sites (tertiary alicyclic amines) is 1. The fourth-order valence-electron chi connectivity index (χ4n) is 6.75. The highest BCUT2D eigenvalue weighted by atomic mass is 16.5. The van der Waals surface area contributed by atoms with Crippen LogP contribution in [0.5, 0.6) is 0 Å². The van der Waals surface area contributed by atoms with Crippen LogP contribution in [0.4, 0.5) is 5.69 Å². The Hall–Kier alpha value is -2.45. The van der Waals surface area contributed by atoms with Gasteiger partial charge in [-0.15, -0.1) is 0 Å². The van der Waals surface area contributed by atoms with Crippen LogP contribution >= 0.6 is 0 Å². The van der Waals surface area contributed by atoms with E-state index in [1.54, 1.807) is 17.0 Å². The molecule has 3 saturated heterocycles. The quantitative estimate of drug-likeness (QED) is 0.525. The van der Waals surface area contributed by atoms with Gasteiger partial charge in [-0.3, -0.25) is 14.4 Å². The van der Waals surface area contributed by atoms with Crippen LogP contribution in [0, 0.1) is 17.3 Å². The number of rotatable bonds is 8. The van der Waals surface area contributed by atoms with Gasteiger partial charge in [0.15, 0.2) is 0 Å². The third kappa shape index (κ3) is 4.83. The molecular formula is C27H39N3O5. The molecule has 0 aromatic heterocycles. The average Bonchev–Trinajstić information content (AvgIpc) is 3.38. The van der Waals surface area contributed by atoms with Crippen LogP contribution in [0.25, 0.3) is 0 Å². The lowest BCUT2D eigenvalue weighted by Gasteiger charge is -2.38. The molecule has 192 valence electrons. The van der Waals surface area contributed by atoms with E-state index in [9.17, 15) is 19.5 Å². The number of amides is 3. The molecule has 0 aliphatic carbocycles. The summed E-state index contributed by atoms with van der Waals surface area (Å²) in [6.07, 6.45) is 1.89. The summed E-state index contributed by atoms with van der Waals surface area (Å²) >= 11 is 0. The summed E-state index contributed by atoms with van der Waals surface area (Å²) in [7, 11) is 0. The molecule has 3 amide bonds. The van der Waals surface area contributed by atoms with Gasteiger partial charge in [0.2, 0.25) is 17.7 Å². The molecule has 1 spiro atoms. The standard InChI is InChI=1S/C27H39N3O5/c1-25(2,3)16-26(4,5)29-23(33)21-27-13-12-18(35-27)19(20(27)24(34)30(21)14-9-15-31)22(32)28-17-10-7-6-8-11-17/h6-8,10-11,18-21,31H,9,12-16H2,1-5H3,(H,28,32)(H,29,33)/t18-,19+,20+,21?,27?/m1/s1. The smallest absolute Gasteiger partial charge is 0.246 e. The van der Waals surface area contributed by atoms with Gasteiger partial charge < -0.3 is 25.4 Å². The van der Waals surface area contributed by atoms with E-state index in [1.165, 1.54) is 0 Å². The van der Waals surface area contributed by atoms with Crippen molar-refractivity contribution in [3.05, 3.63) is 30.3 Å². The number of hydrogen-bond donors (Lipinski definition) is 3. The van der Waals surface area contributed by atoms with Gasteiger partial charge in [-0.05, 0) is 57.1 Å². The van der Waals surface area contributed by atoms with E-state index in [2.05, 4.69) is 31.4 Å². The highest BCUT2D eigenvalue weighted by Crippen LogP contribution is 2.58. The van der Waals surface area contributed by atoms with Gasteiger partial charge in [0.1, 0.15) is 11.6 Å². The zero-order valence-corrected chi connectivity index (χ0v) is 21.5. The Balaban J connectivity index is 1.63. The van der Waals surface area contributed by atoms with Crippen LogP contribution in [0.3, 0.4) is 0 Å². The van der Waals surface area contributed by atoms with Crippen molar-refractivity contribution in [2.45, 2.75) is 83.6 Å². The van der Waals surface area contributed by atoms with Crippen molar-refractivity contribution < 1.29 is 24.2 Å². The second-order valence-corrected chi connectivity index (χ2v) is 12.1. The first-order chi connectivity index (χ1) is 16.4. The largest absolute Gasteiger partial charge is 0.396 e. The first-order valence-electron chi connectivity index (χ1n) is 12.7. The minimum atomic E-state index is -1.03. The summed E-state index contributed by atoms with van der Waals surface area (Å²) in [6.45, 7) is 10.5. The number of benzene rings is 1. The maximum absolute atomic E-state index is 13.8. The normalized spacial score (nSPS) is 29.9. The van der Waals surface area contributed by atoms with Gasteiger partial charge in [-0.2, -0.15) is 0 Å². The molecular weight excluding hydrogens is 446 g/mol. The van der Waals surface area contributed by atoms with E-state index in [-0.39, 0.29) is 36.3 Å². The summed E-state index contributed by atoms with van der Waals surface area (Å²) in [5.74, 6) is -2.11. The molecule has 4 rings (SSSR count). The predicted octanol–water partition coefficient (Wildman–Crippen LogP) is 2.71. The highest BCUT2D eigenvalue weighted by molar-refractivity contribution is 6.02. The molecule has 2 unspecified atom stereocenters. The molecule has 3 heterocycles. The third-order valence-electron chi connectivity index (χ3n) is 7.38. The number of anilines is 1. The number of para-hydroxylation sites is 1. The topological polar surface area (TPSA) is 108 Å². The first-order valence-corrected chi connectivity index (χ1v) is 12.7. The summed E-state index contributed by atoms with van der Waals surface area (Å²) < 4.78 is 6.44. The number of aliphatic hydroxyl groups is 1. The Bertz CT molecular complexity index is 973. The molecule has 1 aromatic carbocycles. The third-order valence-corrected chi connectivity index (χ3v) is 7.38. The van der Waals surface area contributed by atoms with Crippen LogP contribution in [0.2, 0.25) is 0 Å².